The van der Waals surface area contributed by atoms with Crippen molar-refractivity contribution in [3.8, 4) is 11.8 Å². The van der Waals surface area contributed by atoms with E-state index in [4.69, 9.17) is 10.5 Å². The van der Waals surface area contributed by atoms with E-state index in [1.807, 2.05) is 38.1 Å². The van der Waals surface area contributed by atoms with Gasteiger partial charge in [0, 0.05) is 35.8 Å². The van der Waals surface area contributed by atoms with Crippen LogP contribution in [-0.4, -0.2) is 90.1 Å². The highest BCUT2D eigenvalue weighted by atomic mass is 19.1. The SMILES string of the molecule is CC(C)(C)OC(=O)N1CCC(F)C1.Cc1ccc(N)cc1C(=O)NC(C)c1ccc(C#CC2CCN(CC3(O)CCNCC3)CC2)c2ccccc12. The van der Waals surface area contributed by atoms with E-state index in [1.54, 1.807) is 26.8 Å². The van der Waals surface area contributed by atoms with Crippen LogP contribution >= 0.6 is 0 Å². The number of aliphatic hydroxyl groups is 1. The Bertz CT molecular complexity index is 1770. The Hall–Kier alpha value is -4.17. The van der Waals surface area contributed by atoms with Gasteiger partial charge in [-0.2, -0.15) is 0 Å². The number of nitrogen functional groups attached to an aromatic ring is 1. The topological polar surface area (TPSA) is 120 Å². The Kier molecular flexibility index (Phi) is 12.8. The van der Waals surface area contributed by atoms with Gasteiger partial charge in [0.15, 0.2) is 0 Å². The predicted molar refractivity (Wildman–Crippen MR) is 206 cm³/mol. The molecular formula is C42H56FN5O4. The van der Waals surface area contributed by atoms with Crippen LogP contribution in [0.4, 0.5) is 14.9 Å². The van der Waals surface area contributed by atoms with Crippen molar-refractivity contribution in [3.63, 3.8) is 0 Å². The average Bonchev–Trinajstić information content (AvgIpc) is 3.55. The lowest BCUT2D eigenvalue weighted by molar-refractivity contribution is -0.0261. The average molecular weight is 714 g/mol. The minimum Gasteiger partial charge on any atom is -0.444 e. The van der Waals surface area contributed by atoms with Crippen LogP contribution in [0.1, 0.15) is 92.9 Å². The van der Waals surface area contributed by atoms with Crippen LogP contribution in [0, 0.1) is 24.7 Å². The normalized spacial score (nSPS) is 19.9. The molecule has 3 aliphatic rings. The van der Waals surface area contributed by atoms with Crippen molar-refractivity contribution in [2.45, 2.75) is 90.1 Å². The lowest BCUT2D eigenvalue weighted by Crippen LogP contribution is -2.51. The van der Waals surface area contributed by atoms with Gasteiger partial charge in [0.1, 0.15) is 11.8 Å². The first kappa shape index (κ1) is 39.0. The van der Waals surface area contributed by atoms with Gasteiger partial charge in [0.25, 0.3) is 5.91 Å². The summed E-state index contributed by atoms with van der Waals surface area (Å²) in [5, 5.41) is 19.6. The highest BCUT2D eigenvalue weighted by Crippen LogP contribution is 2.29. The van der Waals surface area contributed by atoms with E-state index in [-0.39, 0.29) is 18.5 Å². The maximum absolute atomic E-state index is 13.0. The fraction of sp³-hybridized carbons (Fsp3) is 0.524. The third-order valence-corrected chi connectivity index (χ3v) is 10.1. The quantitative estimate of drug-likeness (QED) is 0.179. The van der Waals surface area contributed by atoms with Crippen LogP contribution in [0.5, 0.6) is 0 Å². The molecule has 0 aromatic heterocycles. The van der Waals surface area contributed by atoms with E-state index in [2.05, 4.69) is 51.6 Å². The van der Waals surface area contributed by atoms with Gasteiger partial charge >= 0.3 is 6.09 Å². The molecule has 3 aromatic rings. The van der Waals surface area contributed by atoms with Gasteiger partial charge in [-0.05, 0) is 133 Å². The van der Waals surface area contributed by atoms with Crippen molar-refractivity contribution in [1.29, 1.82) is 0 Å². The summed E-state index contributed by atoms with van der Waals surface area (Å²) in [5.74, 6) is 7.26. The molecule has 52 heavy (non-hydrogen) atoms. The number of nitrogens with zero attached hydrogens (tertiary/aromatic N) is 2. The Morgan fingerprint density at radius 3 is 2.40 bits per heavy atom. The number of amides is 2. The molecule has 2 atom stereocenters. The first-order valence-corrected chi connectivity index (χ1v) is 18.7. The maximum Gasteiger partial charge on any atom is 0.410 e. The number of anilines is 1. The summed E-state index contributed by atoms with van der Waals surface area (Å²) in [6, 6.07) is 17.7. The van der Waals surface area contributed by atoms with Gasteiger partial charge in [0.05, 0.1) is 18.2 Å². The second kappa shape index (κ2) is 17.1. The second-order valence-corrected chi connectivity index (χ2v) is 15.6. The molecule has 3 fully saturated rings. The van der Waals surface area contributed by atoms with Gasteiger partial charge in [-0.25, -0.2) is 9.18 Å². The van der Waals surface area contributed by atoms with Crippen molar-refractivity contribution in [2.24, 2.45) is 5.92 Å². The van der Waals surface area contributed by atoms with E-state index in [0.29, 0.717) is 30.1 Å². The molecule has 3 aliphatic heterocycles. The molecule has 280 valence electrons. The Morgan fingerprint density at radius 2 is 1.75 bits per heavy atom. The Morgan fingerprint density at radius 1 is 1.06 bits per heavy atom. The number of nitrogens with two attached hydrogens (primary N) is 1. The molecular weight excluding hydrogens is 657 g/mol. The number of halogens is 1. The van der Waals surface area contributed by atoms with E-state index < -0.39 is 23.5 Å². The van der Waals surface area contributed by atoms with E-state index >= 15 is 0 Å². The van der Waals surface area contributed by atoms with Crippen molar-refractivity contribution in [2.75, 3.05) is 51.5 Å². The van der Waals surface area contributed by atoms with Gasteiger partial charge < -0.3 is 36.0 Å². The predicted octanol–water partition coefficient (Wildman–Crippen LogP) is 6.36. The number of aryl methyl sites for hydroxylation is 1. The molecule has 3 aromatic carbocycles. The molecule has 2 unspecified atom stereocenters. The molecule has 0 aliphatic carbocycles. The van der Waals surface area contributed by atoms with Crippen LogP contribution < -0.4 is 16.4 Å². The minimum atomic E-state index is -0.882. The molecule has 0 bridgehead atoms. The largest absolute Gasteiger partial charge is 0.444 e. The number of hydrogen-bond donors (Lipinski definition) is 4. The van der Waals surface area contributed by atoms with Gasteiger partial charge in [-0.15, -0.1) is 0 Å². The molecule has 0 spiro atoms. The Labute approximate surface area is 308 Å². The number of likely N-dealkylation sites (tertiary alicyclic amines) is 2. The number of carbonyl (C=O) groups excluding carboxylic acids is 2. The summed E-state index contributed by atoms with van der Waals surface area (Å²) in [5.41, 5.74) is 9.05. The fourth-order valence-electron chi connectivity index (χ4n) is 7.14. The number of fused-ring (bicyclic) bond motifs is 1. The minimum absolute atomic E-state index is 0.126. The zero-order valence-electron chi connectivity index (χ0n) is 31.4. The van der Waals surface area contributed by atoms with E-state index in [1.165, 1.54) is 4.90 Å². The fourth-order valence-corrected chi connectivity index (χ4v) is 7.14. The van der Waals surface area contributed by atoms with Crippen molar-refractivity contribution in [1.82, 2.24) is 20.4 Å². The third-order valence-electron chi connectivity index (χ3n) is 10.1. The molecule has 2 amide bonds. The maximum atomic E-state index is 13.0. The molecule has 10 heteroatoms. The molecule has 5 N–H and O–H groups in total. The summed E-state index contributed by atoms with van der Waals surface area (Å²) in [7, 11) is 0. The van der Waals surface area contributed by atoms with Crippen molar-refractivity contribution < 1.29 is 23.8 Å². The monoisotopic (exact) mass is 713 g/mol. The van der Waals surface area contributed by atoms with Crippen molar-refractivity contribution in [3.05, 3.63) is 76.9 Å². The molecule has 0 radical (unpaired) electrons. The van der Waals surface area contributed by atoms with Crippen LogP contribution in [0.25, 0.3) is 10.8 Å². The third kappa shape index (κ3) is 10.7. The number of piperidine rings is 2. The summed E-state index contributed by atoms with van der Waals surface area (Å²) < 4.78 is 17.8. The summed E-state index contributed by atoms with van der Waals surface area (Å²) in [6.07, 6.45) is 2.87. The van der Waals surface area contributed by atoms with E-state index in [0.717, 1.165) is 85.9 Å². The highest BCUT2D eigenvalue weighted by Gasteiger charge is 2.33. The van der Waals surface area contributed by atoms with E-state index in [9.17, 15) is 19.1 Å². The number of rotatable bonds is 5. The number of hydrogen-bond acceptors (Lipinski definition) is 7. The molecule has 6 rings (SSSR count). The van der Waals surface area contributed by atoms with Crippen LogP contribution in [0.3, 0.4) is 0 Å². The van der Waals surface area contributed by atoms with Crippen molar-refractivity contribution >= 4 is 28.5 Å². The van der Waals surface area contributed by atoms with Crippen LogP contribution in [0.15, 0.2) is 54.6 Å². The summed E-state index contributed by atoms with van der Waals surface area (Å²) in [4.78, 5) is 28.2. The molecule has 3 heterocycles. The molecule has 9 nitrogen and oxygen atoms in total. The van der Waals surface area contributed by atoms with Crippen LogP contribution in [-0.2, 0) is 4.74 Å². The molecule has 0 saturated carbocycles. The molecule has 3 saturated heterocycles. The van der Waals surface area contributed by atoms with Crippen LogP contribution in [0.2, 0.25) is 0 Å². The van der Waals surface area contributed by atoms with Gasteiger partial charge in [-0.1, -0.05) is 48.2 Å². The lowest BCUT2D eigenvalue weighted by Gasteiger charge is -2.39. The zero-order chi connectivity index (χ0) is 37.5. The van der Waals surface area contributed by atoms with Gasteiger partial charge in [0.2, 0.25) is 0 Å². The first-order valence-electron chi connectivity index (χ1n) is 18.7. The van der Waals surface area contributed by atoms with Gasteiger partial charge in [-0.3, -0.25) is 4.79 Å². The number of nitrogens with one attached hydrogen (secondary N) is 2. The summed E-state index contributed by atoms with van der Waals surface area (Å²) in [6.45, 7) is 14.5. The zero-order valence-corrected chi connectivity index (χ0v) is 31.4. The number of β-amino-alcohol motifs (C(OH)–C–C–N with tert-alkyl or cyclic N) is 1. The second-order valence-electron chi connectivity index (χ2n) is 15.6. The number of ether oxygens (including phenoxy) is 1. The Balaban J connectivity index is 0.000000340. The highest BCUT2D eigenvalue weighted by molar-refractivity contribution is 5.97. The first-order chi connectivity index (χ1) is 24.7. The summed E-state index contributed by atoms with van der Waals surface area (Å²) >= 11 is 0. The number of carbonyl (C=O) groups is 2. The smallest absolute Gasteiger partial charge is 0.410 e. The number of alkyl halides is 1. The standard InChI is InChI=1S/C33H40N4O2.C9H16FNO2/c1-23-7-11-27(34)21-31(23)32(38)36-24(2)28-12-10-26(29-5-3-4-6-30(28)29)9-8-25-13-19-37(20-14-25)22-33(39)15-17-35-18-16-33;1-9(2,3)13-8(12)11-5-4-7(10)6-11/h3-7,10-12,21,24-25,35,39H,13-20,22,34H2,1-2H3,(H,36,38);7H,4-6H2,1-3H3. The lowest BCUT2D eigenvalue weighted by atomic mass is 9.89. The number of benzene rings is 3.